The minimum atomic E-state index is 0.362. The third-order valence-electron chi connectivity index (χ3n) is 2.27. The van der Waals surface area contributed by atoms with E-state index in [1.165, 1.54) is 0 Å². The fourth-order valence-corrected chi connectivity index (χ4v) is 1.27. The average molecular weight is 179 g/mol. The van der Waals surface area contributed by atoms with Gasteiger partial charge in [-0.15, -0.1) is 0 Å². The summed E-state index contributed by atoms with van der Waals surface area (Å²) >= 11 is 0. The molecule has 0 aliphatic rings. The Labute approximate surface area is 79.6 Å². The van der Waals surface area contributed by atoms with E-state index in [0.29, 0.717) is 12.0 Å². The molecule has 1 rings (SSSR count). The Morgan fingerprint density at radius 3 is 2.46 bits per heavy atom. The molecule has 0 saturated heterocycles. The summed E-state index contributed by atoms with van der Waals surface area (Å²) < 4.78 is 0. The first-order valence-corrected chi connectivity index (χ1v) is 4.76. The molecule has 3 nitrogen and oxygen atoms in total. The van der Waals surface area contributed by atoms with Crippen molar-refractivity contribution in [1.82, 2.24) is 15.3 Å². The number of aromatic nitrogens is 2. The number of hydrogen-bond acceptors (Lipinski definition) is 3. The van der Waals surface area contributed by atoms with E-state index in [-0.39, 0.29) is 0 Å². The molecule has 0 aromatic carbocycles. The maximum absolute atomic E-state index is 4.23. The van der Waals surface area contributed by atoms with Crippen molar-refractivity contribution in [1.29, 1.82) is 0 Å². The smallest absolute Gasteiger partial charge is 0.132 e. The third kappa shape index (κ3) is 2.77. The third-order valence-corrected chi connectivity index (χ3v) is 2.27. The maximum Gasteiger partial charge on any atom is 0.132 e. The highest BCUT2D eigenvalue weighted by atomic mass is 14.9. The van der Waals surface area contributed by atoms with Crippen LogP contribution < -0.4 is 5.32 Å². The summed E-state index contributed by atoms with van der Waals surface area (Å²) in [7, 11) is 0. The molecule has 0 radical (unpaired) electrons. The van der Waals surface area contributed by atoms with Crippen LogP contribution >= 0.6 is 0 Å². The van der Waals surface area contributed by atoms with Gasteiger partial charge in [-0.05, 0) is 19.5 Å². The van der Waals surface area contributed by atoms with Crippen LogP contribution in [0.25, 0.3) is 0 Å². The van der Waals surface area contributed by atoms with Crippen molar-refractivity contribution in [2.24, 2.45) is 0 Å². The van der Waals surface area contributed by atoms with Gasteiger partial charge in [-0.1, -0.05) is 13.8 Å². The van der Waals surface area contributed by atoms with E-state index in [2.05, 4.69) is 36.1 Å². The van der Waals surface area contributed by atoms with Gasteiger partial charge in [-0.25, -0.2) is 9.97 Å². The molecule has 1 aromatic heterocycles. The van der Waals surface area contributed by atoms with Gasteiger partial charge in [0.2, 0.25) is 0 Å². The first kappa shape index (κ1) is 10.1. The molecule has 0 aliphatic carbocycles. The number of nitrogens with one attached hydrogen (secondary N) is 1. The van der Waals surface area contributed by atoms with Crippen LogP contribution in [0.4, 0.5) is 0 Å². The van der Waals surface area contributed by atoms with Gasteiger partial charge in [0, 0.05) is 24.4 Å². The molecule has 2 unspecified atom stereocenters. The summed E-state index contributed by atoms with van der Waals surface area (Å²) in [6.07, 6.45) is 3.58. The lowest BCUT2D eigenvalue weighted by Crippen LogP contribution is -2.31. The molecule has 0 fully saturated rings. The van der Waals surface area contributed by atoms with Crippen molar-refractivity contribution in [3.63, 3.8) is 0 Å². The zero-order valence-corrected chi connectivity index (χ0v) is 8.49. The van der Waals surface area contributed by atoms with Crippen LogP contribution in [0.1, 0.15) is 32.5 Å². The number of rotatable bonds is 4. The SMILES string of the molecule is CCNC(C)C(C)c1ncccn1. The van der Waals surface area contributed by atoms with Crippen molar-refractivity contribution >= 4 is 0 Å². The zero-order valence-electron chi connectivity index (χ0n) is 8.49. The van der Waals surface area contributed by atoms with Gasteiger partial charge < -0.3 is 5.32 Å². The summed E-state index contributed by atoms with van der Waals surface area (Å²) in [5.74, 6) is 1.28. The van der Waals surface area contributed by atoms with Gasteiger partial charge in [-0.3, -0.25) is 0 Å². The summed E-state index contributed by atoms with van der Waals surface area (Å²) in [4.78, 5) is 8.46. The molecule has 1 N–H and O–H groups in total. The Morgan fingerprint density at radius 1 is 1.31 bits per heavy atom. The maximum atomic E-state index is 4.23. The van der Waals surface area contributed by atoms with Crippen molar-refractivity contribution in [3.05, 3.63) is 24.3 Å². The van der Waals surface area contributed by atoms with Gasteiger partial charge >= 0.3 is 0 Å². The standard InChI is InChI=1S/C10H17N3/c1-4-11-9(3)8(2)10-12-6-5-7-13-10/h5-9,11H,4H2,1-3H3. The van der Waals surface area contributed by atoms with Gasteiger partial charge in [0.25, 0.3) is 0 Å². The average Bonchev–Trinajstić information content (AvgIpc) is 2.18. The second-order valence-corrected chi connectivity index (χ2v) is 3.24. The number of likely N-dealkylation sites (N-methyl/N-ethyl adjacent to an activating group) is 1. The van der Waals surface area contributed by atoms with Crippen molar-refractivity contribution in [3.8, 4) is 0 Å². The van der Waals surface area contributed by atoms with E-state index in [0.717, 1.165) is 12.4 Å². The van der Waals surface area contributed by atoms with Crippen LogP contribution in [0.2, 0.25) is 0 Å². The van der Waals surface area contributed by atoms with Gasteiger partial charge in [0.1, 0.15) is 5.82 Å². The highest BCUT2D eigenvalue weighted by Crippen LogP contribution is 2.13. The molecule has 72 valence electrons. The lowest BCUT2D eigenvalue weighted by molar-refractivity contribution is 0.478. The van der Waals surface area contributed by atoms with Crippen molar-refractivity contribution in [2.45, 2.75) is 32.7 Å². The molecule has 0 spiro atoms. The summed E-state index contributed by atoms with van der Waals surface area (Å²) in [6.45, 7) is 7.39. The molecule has 1 aromatic rings. The summed E-state index contributed by atoms with van der Waals surface area (Å²) in [6, 6.07) is 2.26. The zero-order chi connectivity index (χ0) is 9.68. The fraction of sp³-hybridized carbons (Fsp3) is 0.600. The molecular formula is C10H17N3. The van der Waals surface area contributed by atoms with E-state index < -0.39 is 0 Å². The first-order valence-electron chi connectivity index (χ1n) is 4.76. The molecule has 0 aliphatic heterocycles. The largest absolute Gasteiger partial charge is 0.314 e. The minimum Gasteiger partial charge on any atom is -0.314 e. The lowest BCUT2D eigenvalue weighted by Gasteiger charge is -2.18. The highest BCUT2D eigenvalue weighted by Gasteiger charge is 2.14. The quantitative estimate of drug-likeness (QED) is 0.762. The van der Waals surface area contributed by atoms with Crippen molar-refractivity contribution < 1.29 is 0 Å². The predicted molar refractivity (Wildman–Crippen MR) is 53.6 cm³/mol. The Balaban J connectivity index is 2.62. The van der Waals surface area contributed by atoms with Gasteiger partial charge in [0.05, 0.1) is 0 Å². The minimum absolute atomic E-state index is 0.362. The van der Waals surface area contributed by atoms with Crippen molar-refractivity contribution in [2.75, 3.05) is 6.54 Å². The molecule has 0 bridgehead atoms. The molecule has 1 heterocycles. The molecular weight excluding hydrogens is 162 g/mol. The van der Waals surface area contributed by atoms with E-state index >= 15 is 0 Å². The van der Waals surface area contributed by atoms with Crippen LogP contribution in [-0.4, -0.2) is 22.6 Å². The van der Waals surface area contributed by atoms with E-state index in [1.54, 1.807) is 12.4 Å². The second kappa shape index (κ2) is 4.92. The summed E-state index contributed by atoms with van der Waals surface area (Å²) in [5, 5.41) is 3.36. The Hall–Kier alpha value is -0.960. The van der Waals surface area contributed by atoms with Crippen LogP contribution in [-0.2, 0) is 0 Å². The first-order chi connectivity index (χ1) is 6.25. The second-order valence-electron chi connectivity index (χ2n) is 3.24. The number of nitrogens with zero attached hydrogens (tertiary/aromatic N) is 2. The monoisotopic (exact) mass is 179 g/mol. The predicted octanol–water partition coefficient (Wildman–Crippen LogP) is 1.58. The lowest BCUT2D eigenvalue weighted by atomic mass is 10.0. The summed E-state index contributed by atoms with van der Waals surface area (Å²) in [5.41, 5.74) is 0. The van der Waals surface area contributed by atoms with Crippen LogP contribution in [0, 0.1) is 0 Å². The Kier molecular flexibility index (Phi) is 3.83. The van der Waals surface area contributed by atoms with Crippen LogP contribution in [0.15, 0.2) is 18.5 Å². The highest BCUT2D eigenvalue weighted by molar-refractivity contribution is 4.98. The van der Waals surface area contributed by atoms with Crippen LogP contribution in [0.3, 0.4) is 0 Å². The van der Waals surface area contributed by atoms with Crippen LogP contribution in [0.5, 0.6) is 0 Å². The van der Waals surface area contributed by atoms with E-state index in [4.69, 9.17) is 0 Å². The topological polar surface area (TPSA) is 37.8 Å². The molecule has 0 saturated carbocycles. The molecule has 13 heavy (non-hydrogen) atoms. The Morgan fingerprint density at radius 2 is 1.92 bits per heavy atom. The number of hydrogen-bond donors (Lipinski definition) is 1. The fourth-order valence-electron chi connectivity index (χ4n) is 1.27. The molecule has 3 heteroatoms. The van der Waals surface area contributed by atoms with E-state index in [9.17, 15) is 0 Å². The Bertz CT molecular complexity index is 235. The van der Waals surface area contributed by atoms with Gasteiger partial charge in [0.15, 0.2) is 0 Å². The van der Waals surface area contributed by atoms with E-state index in [1.807, 2.05) is 6.07 Å². The molecule has 2 atom stereocenters. The molecule has 0 amide bonds. The normalized spacial score (nSPS) is 15.3. The van der Waals surface area contributed by atoms with Gasteiger partial charge in [-0.2, -0.15) is 0 Å².